The van der Waals surface area contributed by atoms with Crippen LogP contribution in [0.2, 0.25) is 0 Å². The number of hydrogen-bond donors (Lipinski definition) is 0. The average molecular weight is 374 g/mol. The smallest absolute Gasteiger partial charge is 0.177 e. The number of fused-ring (bicyclic) bond motifs is 2. The van der Waals surface area contributed by atoms with E-state index in [4.69, 9.17) is 4.74 Å². The molecule has 7 heteroatoms. The molecule has 5 rings (SSSR count). The van der Waals surface area contributed by atoms with E-state index in [0.29, 0.717) is 5.92 Å². The van der Waals surface area contributed by atoms with E-state index < -0.39 is 0 Å². The van der Waals surface area contributed by atoms with Gasteiger partial charge in [0.15, 0.2) is 11.5 Å². The fourth-order valence-corrected chi connectivity index (χ4v) is 4.04. The maximum atomic E-state index is 5.41. The Morgan fingerprint density at radius 2 is 1.89 bits per heavy atom. The Kier molecular flexibility index (Phi) is 4.07. The third-order valence-electron chi connectivity index (χ3n) is 5.55. The van der Waals surface area contributed by atoms with Crippen molar-refractivity contribution in [1.29, 1.82) is 0 Å². The van der Waals surface area contributed by atoms with E-state index in [1.165, 1.54) is 5.69 Å². The number of nitrogens with zero attached hydrogens (tertiary/aromatic N) is 6. The van der Waals surface area contributed by atoms with E-state index in [9.17, 15) is 0 Å². The van der Waals surface area contributed by atoms with Crippen LogP contribution in [0.3, 0.4) is 0 Å². The molecule has 1 fully saturated rings. The number of methoxy groups -OCH3 is 1. The molecular formula is C21H22N6O. The fraction of sp³-hybridized carbons (Fsp3) is 0.333. The lowest BCUT2D eigenvalue weighted by molar-refractivity contribution is 0.415. The van der Waals surface area contributed by atoms with Crippen LogP contribution < -0.4 is 9.64 Å². The van der Waals surface area contributed by atoms with E-state index in [2.05, 4.69) is 37.3 Å². The lowest BCUT2D eigenvalue weighted by Crippen LogP contribution is -2.33. The molecule has 0 atom stereocenters. The molecule has 0 radical (unpaired) electrons. The van der Waals surface area contributed by atoms with Crippen LogP contribution in [0.15, 0.2) is 42.6 Å². The highest BCUT2D eigenvalue weighted by atomic mass is 16.5. The Balaban J connectivity index is 1.41. The van der Waals surface area contributed by atoms with Gasteiger partial charge < -0.3 is 9.64 Å². The molecule has 0 spiro atoms. The fourth-order valence-electron chi connectivity index (χ4n) is 4.04. The maximum Gasteiger partial charge on any atom is 0.177 e. The number of benzene rings is 1. The number of aromatic nitrogens is 5. The summed E-state index contributed by atoms with van der Waals surface area (Å²) < 4.78 is 7.32. The minimum absolute atomic E-state index is 0.364. The topological polar surface area (TPSA) is 68.4 Å². The summed E-state index contributed by atoms with van der Waals surface area (Å²) in [6.45, 7) is 3.91. The number of rotatable bonds is 3. The van der Waals surface area contributed by atoms with Crippen molar-refractivity contribution in [2.75, 3.05) is 25.1 Å². The zero-order valence-corrected chi connectivity index (χ0v) is 16.0. The number of piperidine rings is 1. The third-order valence-corrected chi connectivity index (χ3v) is 5.55. The van der Waals surface area contributed by atoms with Crippen molar-refractivity contribution in [3.05, 3.63) is 54.1 Å². The summed E-state index contributed by atoms with van der Waals surface area (Å²) in [6.07, 6.45) is 3.92. The monoisotopic (exact) mass is 374 g/mol. The number of aryl methyl sites for hydroxylation is 1. The zero-order chi connectivity index (χ0) is 19.1. The minimum atomic E-state index is 0.364. The van der Waals surface area contributed by atoms with E-state index in [1.807, 2.05) is 41.9 Å². The molecule has 3 aromatic heterocycles. The second-order valence-corrected chi connectivity index (χ2v) is 7.28. The second kappa shape index (κ2) is 6.74. The zero-order valence-electron chi connectivity index (χ0n) is 16.0. The SMILES string of the molecule is COc1ccc2nccc(N3CCC(c4nnc5ccc(C)nn45)CC3)c2c1. The van der Waals surface area contributed by atoms with Crippen LogP contribution in [0.25, 0.3) is 16.6 Å². The van der Waals surface area contributed by atoms with Crippen LogP contribution in [-0.4, -0.2) is 45.0 Å². The van der Waals surface area contributed by atoms with E-state index in [0.717, 1.165) is 59.7 Å². The van der Waals surface area contributed by atoms with E-state index in [-0.39, 0.29) is 0 Å². The summed E-state index contributed by atoms with van der Waals surface area (Å²) in [7, 11) is 1.70. The molecule has 0 N–H and O–H groups in total. The van der Waals surface area contributed by atoms with Gasteiger partial charge >= 0.3 is 0 Å². The molecular weight excluding hydrogens is 352 g/mol. The first-order valence-corrected chi connectivity index (χ1v) is 9.59. The number of ether oxygens (including phenoxy) is 1. The Hall–Kier alpha value is -3.22. The van der Waals surface area contributed by atoms with Gasteiger partial charge in [-0.25, -0.2) is 0 Å². The Bertz CT molecular complexity index is 1150. The van der Waals surface area contributed by atoms with Crippen molar-refractivity contribution in [2.45, 2.75) is 25.7 Å². The molecule has 0 bridgehead atoms. The van der Waals surface area contributed by atoms with Crippen molar-refractivity contribution in [3.8, 4) is 5.75 Å². The van der Waals surface area contributed by atoms with Crippen LogP contribution in [0.1, 0.15) is 30.3 Å². The first kappa shape index (κ1) is 16.9. The summed E-state index contributed by atoms with van der Waals surface area (Å²) in [5, 5.41) is 14.5. The predicted molar refractivity (Wildman–Crippen MR) is 108 cm³/mol. The highest BCUT2D eigenvalue weighted by Gasteiger charge is 2.26. The molecule has 7 nitrogen and oxygen atoms in total. The molecule has 142 valence electrons. The van der Waals surface area contributed by atoms with Crippen LogP contribution in [0.4, 0.5) is 5.69 Å². The first-order chi connectivity index (χ1) is 13.7. The van der Waals surface area contributed by atoms with Gasteiger partial charge in [0.25, 0.3) is 0 Å². The molecule has 4 heterocycles. The molecule has 0 unspecified atom stereocenters. The normalized spacial score (nSPS) is 15.4. The van der Waals surface area contributed by atoms with Crippen LogP contribution in [0, 0.1) is 6.92 Å². The number of pyridine rings is 1. The summed E-state index contributed by atoms with van der Waals surface area (Å²) in [6, 6.07) is 12.1. The van der Waals surface area contributed by atoms with Gasteiger partial charge in [-0.05, 0) is 56.2 Å². The minimum Gasteiger partial charge on any atom is -0.497 e. The van der Waals surface area contributed by atoms with E-state index in [1.54, 1.807) is 7.11 Å². The summed E-state index contributed by atoms with van der Waals surface area (Å²) in [5.41, 5.74) is 3.99. The van der Waals surface area contributed by atoms with Crippen LogP contribution in [0.5, 0.6) is 5.75 Å². The molecule has 0 aliphatic carbocycles. The molecule has 1 aliphatic rings. The standard InChI is InChI=1S/C21H22N6O/c1-14-3-6-20-23-24-21(27(20)25-14)15-8-11-26(12-9-15)19-7-10-22-18-5-4-16(28-2)13-17(18)19/h3-7,10,13,15H,8-9,11-12H2,1-2H3. The van der Waals surface area contributed by atoms with E-state index >= 15 is 0 Å². The predicted octanol–water partition coefficient (Wildman–Crippen LogP) is 3.37. The molecule has 0 saturated carbocycles. The van der Waals surface area contributed by atoms with Crippen LogP contribution in [-0.2, 0) is 0 Å². The summed E-state index contributed by atoms with van der Waals surface area (Å²) in [5.74, 6) is 2.19. The molecule has 4 aromatic rings. The van der Waals surface area contributed by atoms with Crippen molar-refractivity contribution >= 4 is 22.2 Å². The highest BCUT2D eigenvalue weighted by Crippen LogP contribution is 2.34. The van der Waals surface area contributed by atoms with Crippen LogP contribution >= 0.6 is 0 Å². The average Bonchev–Trinajstić information content (AvgIpc) is 3.16. The van der Waals surface area contributed by atoms with Gasteiger partial charge in [0.1, 0.15) is 5.75 Å². The highest BCUT2D eigenvalue weighted by molar-refractivity contribution is 5.92. The van der Waals surface area contributed by atoms with Crippen molar-refractivity contribution in [3.63, 3.8) is 0 Å². The van der Waals surface area contributed by atoms with Gasteiger partial charge in [0.05, 0.1) is 18.3 Å². The third kappa shape index (κ3) is 2.83. The quantitative estimate of drug-likeness (QED) is 0.548. The lowest BCUT2D eigenvalue weighted by atomic mass is 9.95. The molecule has 28 heavy (non-hydrogen) atoms. The molecule has 1 aromatic carbocycles. The van der Waals surface area contributed by atoms with Gasteiger partial charge in [0.2, 0.25) is 0 Å². The van der Waals surface area contributed by atoms with Gasteiger partial charge in [-0.3, -0.25) is 4.98 Å². The van der Waals surface area contributed by atoms with Crippen molar-refractivity contribution < 1.29 is 4.74 Å². The maximum absolute atomic E-state index is 5.41. The summed E-state index contributed by atoms with van der Waals surface area (Å²) >= 11 is 0. The number of hydrogen-bond acceptors (Lipinski definition) is 6. The van der Waals surface area contributed by atoms with Gasteiger partial charge in [0, 0.05) is 36.3 Å². The van der Waals surface area contributed by atoms with Gasteiger partial charge in [-0.2, -0.15) is 9.61 Å². The second-order valence-electron chi connectivity index (χ2n) is 7.28. The summed E-state index contributed by atoms with van der Waals surface area (Å²) in [4.78, 5) is 6.93. The first-order valence-electron chi connectivity index (χ1n) is 9.59. The molecule has 0 amide bonds. The Morgan fingerprint density at radius 1 is 1.04 bits per heavy atom. The Morgan fingerprint density at radius 3 is 2.71 bits per heavy atom. The largest absolute Gasteiger partial charge is 0.497 e. The van der Waals surface area contributed by atoms with Gasteiger partial charge in [-0.15, -0.1) is 10.2 Å². The van der Waals surface area contributed by atoms with Gasteiger partial charge in [-0.1, -0.05) is 0 Å². The van der Waals surface area contributed by atoms with Crippen molar-refractivity contribution in [2.24, 2.45) is 0 Å². The molecule has 1 aliphatic heterocycles. The van der Waals surface area contributed by atoms with Crippen molar-refractivity contribution in [1.82, 2.24) is 24.8 Å². The lowest BCUT2D eigenvalue weighted by Gasteiger charge is -2.33. The Labute approximate surface area is 163 Å². The number of anilines is 1. The molecule has 1 saturated heterocycles.